The molecule has 7 N–H and O–H groups in total. The van der Waals surface area contributed by atoms with Crippen LogP contribution in [0.4, 0.5) is 0 Å². The molecule has 8 nitrogen and oxygen atoms in total. The molecule has 0 aliphatic rings. The van der Waals surface area contributed by atoms with E-state index in [4.69, 9.17) is 21.7 Å². The molecule has 0 aliphatic carbocycles. The number of hydrogen-bond donors (Lipinski definition) is 5. The van der Waals surface area contributed by atoms with Crippen LogP contribution in [0.3, 0.4) is 0 Å². The van der Waals surface area contributed by atoms with E-state index >= 15 is 0 Å². The van der Waals surface area contributed by atoms with Gasteiger partial charge in [0.05, 0.1) is 12.6 Å². The zero-order chi connectivity index (χ0) is 12.7. The molecule has 0 rings (SSSR count). The van der Waals surface area contributed by atoms with Crippen LogP contribution in [-0.4, -0.2) is 46.7 Å². The van der Waals surface area contributed by atoms with Gasteiger partial charge in [0.25, 0.3) is 0 Å². The van der Waals surface area contributed by atoms with E-state index in [0.717, 1.165) is 0 Å². The molecule has 0 unspecified atom stereocenters. The van der Waals surface area contributed by atoms with E-state index in [9.17, 15) is 14.4 Å². The minimum Gasteiger partial charge on any atom is -0.480 e. The molecule has 0 fully saturated rings. The summed E-state index contributed by atoms with van der Waals surface area (Å²) in [6.45, 7) is -0.733. The first-order valence-corrected chi connectivity index (χ1v) is 4.56. The molecule has 0 aromatic heterocycles. The second-order valence-corrected chi connectivity index (χ2v) is 3.19. The second-order valence-electron chi connectivity index (χ2n) is 3.19. The summed E-state index contributed by atoms with van der Waals surface area (Å²) in [6.07, 6.45) is -0.0373. The number of carboxylic acid groups (broad SMARTS) is 1. The lowest BCUT2D eigenvalue weighted by Crippen LogP contribution is -2.50. The maximum absolute atomic E-state index is 11.3. The van der Waals surface area contributed by atoms with Gasteiger partial charge in [-0.3, -0.25) is 9.59 Å². The van der Waals surface area contributed by atoms with Gasteiger partial charge in [0, 0.05) is 6.42 Å². The Kier molecular flexibility index (Phi) is 6.04. The highest BCUT2D eigenvalue weighted by molar-refractivity contribution is 5.87. The average molecular weight is 233 g/mol. The van der Waals surface area contributed by atoms with Gasteiger partial charge in [-0.2, -0.15) is 0 Å². The number of aliphatic hydroxyl groups excluding tert-OH is 1. The summed E-state index contributed by atoms with van der Waals surface area (Å²) < 4.78 is 0. The summed E-state index contributed by atoms with van der Waals surface area (Å²) in [6, 6.07) is -2.42. The Morgan fingerprint density at radius 3 is 2.25 bits per heavy atom. The first-order chi connectivity index (χ1) is 7.38. The molecule has 8 heteroatoms. The molecular weight excluding hydrogens is 218 g/mol. The first-order valence-electron chi connectivity index (χ1n) is 4.56. The van der Waals surface area contributed by atoms with Crippen molar-refractivity contribution in [2.24, 2.45) is 11.5 Å². The number of nitrogens with two attached hydrogens (primary N) is 2. The number of amides is 2. The first kappa shape index (κ1) is 14.3. The number of hydrogen-bond acceptors (Lipinski definition) is 5. The van der Waals surface area contributed by atoms with Crippen molar-refractivity contribution in [2.75, 3.05) is 6.61 Å². The van der Waals surface area contributed by atoms with Crippen LogP contribution in [0, 0.1) is 0 Å². The van der Waals surface area contributed by atoms with Gasteiger partial charge in [-0.1, -0.05) is 0 Å². The molecule has 0 aliphatic heterocycles. The monoisotopic (exact) mass is 233 g/mol. The van der Waals surface area contributed by atoms with E-state index in [-0.39, 0.29) is 12.8 Å². The third-order valence-corrected chi connectivity index (χ3v) is 1.84. The fraction of sp³-hybridized carbons (Fsp3) is 0.625. The second kappa shape index (κ2) is 6.75. The lowest BCUT2D eigenvalue weighted by Gasteiger charge is -2.15. The van der Waals surface area contributed by atoms with Crippen molar-refractivity contribution >= 4 is 17.8 Å². The zero-order valence-corrected chi connectivity index (χ0v) is 8.55. The normalized spacial score (nSPS) is 13.9. The Bertz CT molecular complexity index is 281. The number of carbonyl (C=O) groups excluding carboxylic acids is 2. The topological polar surface area (TPSA) is 156 Å². The Hall–Kier alpha value is -1.67. The number of rotatable bonds is 7. The molecule has 0 heterocycles. The van der Waals surface area contributed by atoms with Gasteiger partial charge >= 0.3 is 5.97 Å². The molecule has 0 saturated carbocycles. The van der Waals surface area contributed by atoms with Gasteiger partial charge < -0.3 is 27.0 Å². The van der Waals surface area contributed by atoms with Crippen molar-refractivity contribution in [3.8, 4) is 0 Å². The fourth-order valence-corrected chi connectivity index (χ4v) is 0.893. The summed E-state index contributed by atoms with van der Waals surface area (Å²) in [5.74, 6) is -2.71. The van der Waals surface area contributed by atoms with E-state index in [0.29, 0.717) is 0 Å². The van der Waals surface area contributed by atoms with Crippen molar-refractivity contribution in [3.63, 3.8) is 0 Å². The van der Waals surface area contributed by atoms with Crippen LogP contribution in [0.5, 0.6) is 0 Å². The van der Waals surface area contributed by atoms with E-state index in [1.54, 1.807) is 0 Å². The summed E-state index contributed by atoms with van der Waals surface area (Å²) in [7, 11) is 0. The van der Waals surface area contributed by atoms with E-state index in [1.165, 1.54) is 0 Å². The molecule has 0 spiro atoms. The largest absolute Gasteiger partial charge is 0.480 e. The average Bonchev–Trinajstić information content (AvgIpc) is 2.21. The molecule has 0 radical (unpaired) electrons. The molecule has 0 aromatic rings. The Balaban J connectivity index is 4.13. The third kappa shape index (κ3) is 5.27. The molecule has 92 valence electrons. The number of primary amides is 1. The summed E-state index contributed by atoms with van der Waals surface area (Å²) in [5, 5.41) is 19.2. The standard InChI is InChI=1S/C8H15N3O5/c9-4(1-2-6(10)13)7(14)11-5(3-12)8(15)16/h4-5,12H,1-3,9H2,(H2,10,13)(H,11,14)(H,15,16)/t4-,5-/m0/s1. The highest BCUT2D eigenvalue weighted by atomic mass is 16.4. The van der Waals surface area contributed by atoms with Gasteiger partial charge in [0.2, 0.25) is 11.8 Å². The molecule has 0 bridgehead atoms. The molecule has 0 aromatic carbocycles. The van der Waals surface area contributed by atoms with Crippen LogP contribution in [-0.2, 0) is 14.4 Å². The molecule has 16 heavy (non-hydrogen) atoms. The Morgan fingerprint density at radius 1 is 1.31 bits per heavy atom. The predicted molar refractivity (Wildman–Crippen MR) is 53.1 cm³/mol. The highest BCUT2D eigenvalue weighted by Crippen LogP contribution is 1.95. The van der Waals surface area contributed by atoms with Gasteiger partial charge in [-0.15, -0.1) is 0 Å². The lowest BCUT2D eigenvalue weighted by atomic mass is 10.1. The van der Waals surface area contributed by atoms with Crippen molar-refractivity contribution in [2.45, 2.75) is 24.9 Å². The summed E-state index contributed by atoms with van der Waals surface area (Å²) >= 11 is 0. The van der Waals surface area contributed by atoms with Crippen LogP contribution >= 0.6 is 0 Å². The summed E-state index contributed by atoms with van der Waals surface area (Å²) in [5.41, 5.74) is 10.2. The van der Waals surface area contributed by atoms with Gasteiger partial charge in [-0.05, 0) is 6.42 Å². The van der Waals surface area contributed by atoms with E-state index in [1.807, 2.05) is 5.32 Å². The molecule has 0 saturated heterocycles. The van der Waals surface area contributed by atoms with Crippen LogP contribution in [0.15, 0.2) is 0 Å². The minimum absolute atomic E-state index is 0.0267. The fourth-order valence-electron chi connectivity index (χ4n) is 0.893. The van der Waals surface area contributed by atoms with Crippen LogP contribution < -0.4 is 16.8 Å². The smallest absolute Gasteiger partial charge is 0.328 e. The van der Waals surface area contributed by atoms with Gasteiger partial charge in [0.15, 0.2) is 0 Å². The summed E-state index contributed by atoms with van der Waals surface area (Å²) in [4.78, 5) is 32.1. The van der Waals surface area contributed by atoms with Crippen molar-refractivity contribution in [1.29, 1.82) is 0 Å². The van der Waals surface area contributed by atoms with E-state index < -0.39 is 36.5 Å². The number of aliphatic carboxylic acids is 1. The minimum atomic E-state index is -1.40. The maximum atomic E-state index is 11.3. The SMILES string of the molecule is NC(=O)CC[C@H](N)C(=O)N[C@@H](CO)C(=O)O. The van der Waals surface area contributed by atoms with Crippen LogP contribution in [0.1, 0.15) is 12.8 Å². The Labute approximate surface area is 91.6 Å². The highest BCUT2D eigenvalue weighted by Gasteiger charge is 2.22. The van der Waals surface area contributed by atoms with Crippen molar-refractivity contribution in [1.82, 2.24) is 5.32 Å². The number of aliphatic hydroxyl groups is 1. The third-order valence-electron chi connectivity index (χ3n) is 1.84. The van der Waals surface area contributed by atoms with Crippen LogP contribution in [0.25, 0.3) is 0 Å². The van der Waals surface area contributed by atoms with E-state index in [2.05, 4.69) is 0 Å². The zero-order valence-electron chi connectivity index (χ0n) is 8.55. The number of nitrogens with one attached hydrogen (secondary N) is 1. The van der Waals surface area contributed by atoms with Crippen molar-refractivity contribution in [3.05, 3.63) is 0 Å². The van der Waals surface area contributed by atoms with Gasteiger partial charge in [-0.25, -0.2) is 4.79 Å². The quantitative estimate of drug-likeness (QED) is 0.318. The lowest BCUT2D eigenvalue weighted by molar-refractivity contribution is -0.143. The number of carbonyl (C=O) groups is 3. The van der Waals surface area contributed by atoms with Crippen LogP contribution in [0.2, 0.25) is 0 Å². The Morgan fingerprint density at radius 2 is 1.88 bits per heavy atom. The van der Waals surface area contributed by atoms with Gasteiger partial charge in [0.1, 0.15) is 6.04 Å². The molecular formula is C8H15N3O5. The predicted octanol–water partition coefficient (Wildman–Crippen LogP) is -2.86. The molecule has 2 atom stereocenters. The number of carboxylic acids is 1. The maximum Gasteiger partial charge on any atom is 0.328 e. The molecule has 2 amide bonds. The van der Waals surface area contributed by atoms with Crippen molar-refractivity contribution < 1.29 is 24.6 Å².